The minimum absolute atomic E-state index is 0.0998. The van der Waals surface area contributed by atoms with Crippen LogP contribution in [-0.4, -0.2) is 5.11 Å². The van der Waals surface area contributed by atoms with Gasteiger partial charge in [0, 0.05) is 0 Å². The van der Waals surface area contributed by atoms with E-state index in [4.69, 9.17) is 5.26 Å². The first-order valence-electron chi connectivity index (χ1n) is 3.21. The van der Waals surface area contributed by atoms with Crippen LogP contribution in [0.3, 0.4) is 0 Å². The second kappa shape index (κ2) is 3.46. The number of hydrogen-bond acceptors (Lipinski definition) is 3. The molecule has 3 nitrogen and oxygen atoms in total. The molecule has 4 heteroatoms. The van der Waals surface area contributed by atoms with Crippen molar-refractivity contribution in [2.45, 2.75) is 6.92 Å². The van der Waals surface area contributed by atoms with Crippen LogP contribution >= 0.6 is 15.9 Å². The van der Waals surface area contributed by atoms with Crippen molar-refractivity contribution >= 4 is 15.9 Å². The SMILES string of the molecule is Cc1ccc(OC#N)c(Br)c1O. The predicted molar refractivity (Wildman–Crippen MR) is 46.8 cm³/mol. The Labute approximate surface area is 78.3 Å². The first-order valence-corrected chi connectivity index (χ1v) is 4.00. The van der Waals surface area contributed by atoms with Crippen LogP contribution in [0.5, 0.6) is 11.5 Å². The van der Waals surface area contributed by atoms with Gasteiger partial charge in [-0.25, -0.2) is 0 Å². The number of nitriles is 1. The van der Waals surface area contributed by atoms with Gasteiger partial charge in [0.1, 0.15) is 10.2 Å². The zero-order chi connectivity index (χ0) is 9.14. The van der Waals surface area contributed by atoms with Gasteiger partial charge in [-0.2, -0.15) is 0 Å². The number of aryl methyl sites for hydroxylation is 1. The summed E-state index contributed by atoms with van der Waals surface area (Å²) in [5.74, 6) is 0.420. The van der Waals surface area contributed by atoms with Crippen molar-refractivity contribution in [3.8, 4) is 17.8 Å². The van der Waals surface area contributed by atoms with Gasteiger partial charge in [-0.3, -0.25) is 0 Å². The number of rotatable bonds is 1. The number of halogens is 1. The summed E-state index contributed by atoms with van der Waals surface area (Å²) < 4.78 is 4.98. The van der Waals surface area contributed by atoms with Gasteiger partial charge in [0.05, 0.1) is 0 Å². The Balaban J connectivity index is 3.19. The number of phenolic OH excluding ortho intramolecular Hbond substituents is 1. The van der Waals surface area contributed by atoms with Crippen LogP contribution < -0.4 is 4.74 Å². The van der Waals surface area contributed by atoms with Crippen molar-refractivity contribution in [1.82, 2.24) is 0 Å². The van der Waals surface area contributed by atoms with Crippen LogP contribution in [-0.2, 0) is 0 Å². The number of nitrogens with zero attached hydrogens (tertiary/aromatic N) is 1. The summed E-state index contributed by atoms with van der Waals surface area (Å²) >= 11 is 3.11. The third-order valence-electron chi connectivity index (χ3n) is 1.44. The van der Waals surface area contributed by atoms with Crippen molar-refractivity contribution < 1.29 is 9.84 Å². The van der Waals surface area contributed by atoms with Crippen molar-refractivity contribution in [3.63, 3.8) is 0 Å². The maximum atomic E-state index is 9.38. The molecule has 0 amide bonds. The number of phenols is 1. The smallest absolute Gasteiger partial charge is 0.292 e. The Bertz CT molecular complexity index is 344. The van der Waals surface area contributed by atoms with Gasteiger partial charge >= 0.3 is 0 Å². The van der Waals surface area contributed by atoms with Crippen LogP contribution in [0.1, 0.15) is 5.56 Å². The summed E-state index contributed by atoms with van der Waals surface area (Å²) in [6.45, 7) is 1.76. The fourth-order valence-electron chi connectivity index (χ4n) is 0.771. The number of benzene rings is 1. The van der Waals surface area contributed by atoms with E-state index >= 15 is 0 Å². The van der Waals surface area contributed by atoms with Crippen LogP contribution in [0.15, 0.2) is 16.6 Å². The molecular formula is C8H6BrNO2. The molecule has 1 aromatic carbocycles. The maximum absolute atomic E-state index is 9.38. The molecule has 62 valence electrons. The fourth-order valence-corrected chi connectivity index (χ4v) is 1.30. The standard InChI is InChI=1S/C8H6BrNO2/c1-5-2-3-6(12-4-10)7(9)8(5)11/h2-3,11H,1H3. The molecule has 0 bridgehead atoms. The van der Waals surface area contributed by atoms with Gasteiger partial charge < -0.3 is 9.84 Å². The molecule has 0 unspecified atom stereocenters. The lowest BCUT2D eigenvalue weighted by atomic mass is 10.2. The monoisotopic (exact) mass is 227 g/mol. The molecule has 0 aliphatic rings. The predicted octanol–water partition coefficient (Wildman–Crippen LogP) is 2.32. The third kappa shape index (κ3) is 1.51. The lowest BCUT2D eigenvalue weighted by Gasteiger charge is -2.04. The molecule has 0 saturated carbocycles. The van der Waals surface area contributed by atoms with E-state index in [0.29, 0.717) is 10.2 Å². The van der Waals surface area contributed by atoms with E-state index in [1.54, 1.807) is 19.1 Å². The van der Waals surface area contributed by atoms with Crippen LogP contribution in [0, 0.1) is 18.4 Å². The Morgan fingerprint density at radius 1 is 1.58 bits per heavy atom. The highest BCUT2D eigenvalue weighted by Gasteiger charge is 2.08. The van der Waals surface area contributed by atoms with E-state index in [1.807, 2.05) is 0 Å². The Kier molecular flexibility index (Phi) is 2.56. The highest BCUT2D eigenvalue weighted by atomic mass is 79.9. The Morgan fingerprint density at radius 2 is 2.25 bits per heavy atom. The molecular weight excluding hydrogens is 222 g/mol. The van der Waals surface area contributed by atoms with E-state index in [-0.39, 0.29) is 5.75 Å². The number of ether oxygens (including phenoxy) is 1. The molecule has 0 radical (unpaired) electrons. The average Bonchev–Trinajstić information content (AvgIpc) is 2.07. The summed E-state index contributed by atoms with van der Waals surface area (Å²) in [4.78, 5) is 0. The molecule has 12 heavy (non-hydrogen) atoms. The summed E-state index contributed by atoms with van der Waals surface area (Å²) in [5.41, 5.74) is 0.729. The normalized spacial score (nSPS) is 9.08. The van der Waals surface area contributed by atoms with Gasteiger partial charge in [-0.05, 0) is 34.5 Å². The van der Waals surface area contributed by atoms with Gasteiger partial charge in [0.2, 0.25) is 0 Å². The first kappa shape index (κ1) is 8.88. The molecule has 0 spiro atoms. The summed E-state index contributed by atoms with van der Waals surface area (Å²) in [7, 11) is 0. The molecule has 0 fully saturated rings. The molecule has 1 rings (SSSR count). The highest BCUT2D eigenvalue weighted by molar-refractivity contribution is 9.10. The second-order valence-electron chi connectivity index (χ2n) is 2.24. The number of aromatic hydroxyl groups is 1. The van der Waals surface area contributed by atoms with Crippen LogP contribution in [0.2, 0.25) is 0 Å². The van der Waals surface area contributed by atoms with Gasteiger partial charge in [0.15, 0.2) is 5.75 Å². The lowest BCUT2D eigenvalue weighted by molar-refractivity contribution is 0.453. The van der Waals surface area contributed by atoms with Gasteiger partial charge in [-0.15, -0.1) is 5.26 Å². The Morgan fingerprint density at radius 3 is 2.83 bits per heavy atom. The number of hydrogen-bond donors (Lipinski definition) is 1. The zero-order valence-electron chi connectivity index (χ0n) is 6.34. The van der Waals surface area contributed by atoms with E-state index in [1.165, 1.54) is 6.26 Å². The molecule has 1 aromatic rings. The largest absolute Gasteiger partial charge is 0.506 e. The van der Waals surface area contributed by atoms with Crippen molar-refractivity contribution in [2.75, 3.05) is 0 Å². The molecule has 0 heterocycles. The minimum atomic E-state index is 0.0998. The van der Waals surface area contributed by atoms with Crippen LogP contribution in [0.25, 0.3) is 0 Å². The fraction of sp³-hybridized carbons (Fsp3) is 0.125. The van der Waals surface area contributed by atoms with Gasteiger partial charge in [0.25, 0.3) is 6.26 Å². The second-order valence-corrected chi connectivity index (χ2v) is 3.03. The third-order valence-corrected chi connectivity index (χ3v) is 2.20. The molecule has 1 N–H and O–H groups in total. The van der Waals surface area contributed by atoms with Gasteiger partial charge in [-0.1, -0.05) is 6.07 Å². The van der Waals surface area contributed by atoms with E-state index in [2.05, 4.69) is 20.7 Å². The molecule has 0 aliphatic heterocycles. The lowest BCUT2D eigenvalue weighted by Crippen LogP contribution is -1.85. The summed E-state index contributed by atoms with van der Waals surface area (Å²) in [6, 6.07) is 3.29. The quantitative estimate of drug-likeness (QED) is 0.750. The van der Waals surface area contributed by atoms with E-state index in [9.17, 15) is 5.11 Å². The van der Waals surface area contributed by atoms with Crippen molar-refractivity contribution in [2.24, 2.45) is 0 Å². The molecule has 0 aliphatic carbocycles. The zero-order valence-corrected chi connectivity index (χ0v) is 7.92. The minimum Gasteiger partial charge on any atom is -0.506 e. The molecule has 0 saturated heterocycles. The maximum Gasteiger partial charge on any atom is 0.292 e. The summed E-state index contributed by atoms with van der Waals surface area (Å²) in [6.07, 6.45) is 1.53. The van der Waals surface area contributed by atoms with Crippen molar-refractivity contribution in [3.05, 3.63) is 22.2 Å². The highest BCUT2D eigenvalue weighted by Crippen LogP contribution is 2.35. The summed E-state index contributed by atoms with van der Waals surface area (Å²) in [5, 5.41) is 17.6. The van der Waals surface area contributed by atoms with Crippen molar-refractivity contribution in [1.29, 1.82) is 5.26 Å². The van der Waals surface area contributed by atoms with E-state index < -0.39 is 0 Å². The Hall–Kier alpha value is -1.21. The average molecular weight is 228 g/mol. The molecule has 0 atom stereocenters. The van der Waals surface area contributed by atoms with E-state index in [0.717, 1.165) is 5.56 Å². The van der Waals surface area contributed by atoms with Crippen LogP contribution in [0.4, 0.5) is 0 Å². The topological polar surface area (TPSA) is 53.2 Å². The first-order chi connectivity index (χ1) is 5.66. The molecule has 0 aromatic heterocycles.